The molecule has 0 radical (unpaired) electrons. The van der Waals surface area contributed by atoms with Crippen LogP contribution in [-0.2, 0) is 6.54 Å². The third-order valence-electron chi connectivity index (χ3n) is 2.16. The maximum atomic E-state index is 11.4. The summed E-state index contributed by atoms with van der Waals surface area (Å²) in [6, 6.07) is 3.52. The number of pyridine rings is 1. The molecule has 0 aliphatic carbocycles. The van der Waals surface area contributed by atoms with Gasteiger partial charge in [-0.1, -0.05) is 13.3 Å². The lowest BCUT2D eigenvalue weighted by atomic mass is 10.3. The van der Waals surface area contributed by atoms with E-state index in [4.69, 9.17) is 4.42 Å². The van der Waals surface area contributed by atoms with E-state index in [0.717, 1.165) is 12.8 Å². The van der Waals surface area contributed by atoms with Crippen molar-refractivity contribution in [3.63, 3.8) is 0 Å². The van der Waals surface area contributed by atoms with Crippen LogP contribution in [0.3, 0.4) is 0 Å². The zero-order chi connectivity index (χ0) is 9.97. The van der Waals surface area contributed by atoms with Crippen molar-refractivity contribution in [1.82, 2.24) is 9.55 Å². The van der Waals surface area contributed by atoms with E-state index in [-0.39, 0.29) is 5.76 Å². The first kappa shape index (κ1) is 8.99. The molecule has 2 aromatic heterocycles. The Balaban J connectivity index is 2.51. The molecule has 14 heavy (non-hydrogen) atoms. The van der Waals surface area contributed by atoms with Gasteiger partial charge in [-0.05, 0) is 18.6 Å². The highest BCUT2D eigenvalue weighted by Crippen LogP contribution is 2.09. The summed E-state index contributed by atoms with van der Waals surface area (Å²) < 4.78 is 6.62. The van der Waals surface area contributed by atoms with Crippen LogP contribution in [0.2, 0.25) is 0 Å². The predicted octanol–water partition coefficient (Wildman–Crippen LogP) is 1.79. The lowest BCUT2D eigenvalue weighted by molar-refractivity contribution is 0.495. The summed E-state index contributed by atoms with van der Waals surface area (Å²) in [7, 11) is 0. The highest BCUT2D eigenvalue weighted by molar-refractivity contribution is 5.67. The standard InChI is InChI=1S/C10H12N2O2/c1-2-3-7-12-9-8(14-10(12)13)5-4-6-11-9/h4-6H,2-3,7H2,1H3. The first-order valence-corrected chi connectivity index (χ1v) is 4.77. The molecule has 4 heteroatoms. The first-order chi connectivity index (χ1) is 6.83. The fourth-order valence-electron chi connectivity index (χ4n) is 1.41. The Labute approximate surface area is 81.2 Å². The minimum atomic E-state index is -0.313. The number of nitrogens with zero attached hydrogens (tertiary/aromatic N) is 2. The van der Waals surface area contributed by atoms with Crippen LogP contribution < -0.4 is 5.76 Å². The van der Waals surface area contributed by atoms with Gasteiger partial charge in [0.2, 0.25) is 0 Å². The van der Waals surface area contributed by atoms with Crippen molar-refractivity contribution >= 4 is 11.2 Å². The summed E-state index contributed by atoms with van der Waals surface area (Å²) in [4.78, 5) is 15.5. The van der Waals surface area contributed by atoms with Crippen molar-refractivity contribution in [2.24, 2.45) is 0 Å². The molecule has 0 saturated heterocycles. The number of hydrogen-bond donors (Lipinski definition) is 0. The van der Waals surface area contributed by atoms with Crippen LogP contribution in [0.4, 0.5) is 0 Å². The lowest BCUT2D eigenvalue weighted by Gasteiger charge is -1.97. The normalized spacial score (nSPS) is 10.9. The Hall–Kier alpha value is -1.58. The number of aromatic nitrogens is 2. The molecule has 0 atom stereocenters. The number of hydrogen-bond acceptors (Lipinski definition) is 3. The van der Waals surface area contributed by atoms with E-state index < -0.39 is 0 Å². The third kappa shape index (κ3) is 1.43. The van der Waals surface area contributed by atoms with Gasteiger partial charge in [-0.15, -0.1) is 0 Å². The molecule has 0 aliphatic heterocycles. The second-order valence-electron chi connectivity index (χ2n) is 3.20. The Morgan fingerprint density at radius 1 is 1.57 bits per heavy atom. The summed E-state index contributed by atoms with van der Waals surface area (Å²) in [6.07, 6.45) is 3.68. The van der Waals surface area contributed by atoms with Gasteiger partial charge in [-0.2, -0.15) is 0 Å². The summed E-state index contributed by atoms with van der Waals surface area (Å²) in [6.45, 7) is 2.76. The molecule has 0 aromatic carbocycles. The molecule has 74 valence electrons. The van der Waals surface area contributed by atoms with Gasteiger partial charge in [0.25, 0.3) is 0 Å². The van der Waals surface area contributed by atoms with E-state index >= 15 is 0 Å². The molecule has 0 fully saturated rings. The largest absolute Gasteiger partial charge is 0.421 e. The minimum Gasteiger partial charge on any atom is -0.406 e. The number of rotatable bonds is 3. The van der Waals surface area contributed by atoms with E-state index in [2.05, 4.69) is 11.9 Å². The summed E-state index contributed by atoms with van der Waals surface area (Å²) in [5, 5.41) is 0. The first-order valence-electron chi connectivity index (χ1n) is 4.77. The fraction of sp³-hybridized carbons (Fsp3) is 0.400. The van der Waals surface area contributed by atoms with Gasteiger partial charge in [0.15, 0.2) is 11.2 Å². The molecule has 2 rings (SSSR count). The van der Waals surface area contributed by atoms with Gasteiger partial charge in [0.1, 0.15) is 0 Å². The number of fused-ring (bicyclic) bond motifs is 1. The summed E-state index contributed by atoms with van der Waals surface area (Å²) in [5.41, 5.74) is 1.21. The third-order valence-corrected chi connectivity index (χ3v) is 2.16. The van der Waals surface area contributed by atoms with Crippen molar-refractivity contribution < 1.29 is 4.42 Å². The molecule has 0 amide bonds. The zero-order valence-electron chi connectivity index (χ0n) is 8.06. The van der Waals surface area contributed by atoms with E-state index in [1.165, 1.54) is 0 Å². The highest BCUT2D eigenvalue weighted by atomic mass is 16.4. The monoisotopic (exact) mass is 192 g/mol. The molecule has 0 spiro atoms. The number of aryl methyl sites for hydroxylation is 1. The Morgan fingerprint density at radius 2 is 2.43 bits per heavy atom. The SMILES string of the molecule is CCCCn1c(=O)oc2cccnc21. The van der Waals surface area contributed by atoms with Crippen LogP contribution in [-0.4, -0.2) is 9.55 Å². The second-order valence-corrected chi connectivity index (χ2v) is 3.20. The minimum absolute atomic E-state index is 0.313. The smallest absolute Gasteiger partial charge is 0.406 e. The van der Waals surface area contributed by atoms with E-state index in [9.17, 15) is 4.79 Å². The molecule has 0 N–H and O–H groups in total. The zero-order valence-corrected chi connectivity index (χ0v) is 8.06. The van der Waals surface area contributed by atoms with Crippen LogP contribution in [0.25, 0.3) is 11.2 Å². The molecule has 2 aromatic rings. The molecule has 0 unspecified atom stereocenters. The van der Waals surface area contributed by atoms with Crippen molar-refractivity contribution in [3.8, 4) is 0 Å². The van der Waals surface area contributed by atoms with Crippen LogP contribution in [0.5, 0.6) is 0 Å². The number of unbranched alkanes of at least 4 members (excludes halogenated alkanes) is 1. The van der Waals surface area contributed by atoms with Gasteiger partial charge in [0, 0.05) is 12.7 Å². The maximum absolute atomic E-state index is 11.4. The van der Waals surface area contributed by atoms with Gasteiger partial charge < -0.3 is 4.42 Å². The molecule has 0 saturated carbocycles. The van der Waals surface area contributed by atoms with Crippen LogP contribution in [0.15, 0.2) is 27.5 Å². The van der Waals surface area contributed by atoms with Crippen molar-refractivity contribution in [1.29, 1.82) is 0 Å². The van der Waals surface area contributed by atoms with Gasteiger partial charge in [0.05, 0.1) is 0 Å². The lowest BCUT2D eigenvalue weighted by Crippen LogP contribution is -2.14. The number of oxazole rings is 1. The average Bonchev–Trinajstić information content (AvgIpc) is 2.51. The maximum Gasteiger partial charge on any atom is 0.421 e. The molecule has 0 aliphatic rings. The Kier molecular flexibility index (Phi) is 2.35. The van der Waals surface area contributed by atoms with E-state index in [1.807, 2.05) is 0 Å². The molecule has 0 bridgehead atoms. The summed E-state index contributed by atoms with van der Waals surface area (Å²) in [5.74, 6) is -0.313. The molecule has 2 heterocycles. The van der Waals surface area contributed by atoms with Gasteiger partial charge in [-0.25, -0.2) is 9.78 Å². The Bertz CT molecular complexity index is 484. The Morgan fingerprint density at radius 3 is 3.21 bits per heavy atom. The van der Waals surface area contributed by atoms with Crippen molar-refractivity contribution in [2.75, 3.05) is 0 Å². The topological polar surface area (TPSA) is 48.0 Å². The van der Waals surface area contributed by atoms with Gasteiger partial charge >= 0.3 is 5.76 Å². The van der Waals surface area contributed by atoms with Gasteiger partial charge in [-0.3, -0.25) is 4.57 Å². The molecular formula is C10H12N2O2. The van der Waals surface area contributed by atoms with Crippen LogP contribution >= 0.6 is 0 Å². The second kappa shape index (κ2) is 3.65. The highest BCUT2D eigenvalue weighted by Gasteiger charge is 2.08. The molecular weight excluding hydrogens is 180 g/mol. The fourth-order valence-corrected chi connectivity index (χ4v) is 1.41. The molecule has 4 nitrogen and oxygen atoms in total. The quantitative estimate of drug-likeness (QED) is 0.744. The van der Waals surface area contributed by atoms with E-state index in [1.54, 1.807) is 22.9 Å². The average molecular weight is 192 g/mol. The van der Waals surface area contributed by atoms with Crippen molar-refractivity contribution in [2.45, 2.75) is 26.3 Å². The van der Waals surface area contributed by atoms with Crippen molar-refractivity contribution in [3.05, 3.63) is 28.9 Å². The van der Waals surface area contributed by atoms with E-state index in [0.29, 0.717) is 17.8 Å². The van der Waals surface area contributed by atoms with Crippen LogP contribution in [0.1, 0.15) is 19.8 Å². The summed E-state index contributed by atoms with van der Waals surface area (Å²) >= 11 is 0. The van der Waals surface area contributed by atoms with Crippen LogP contribution in [0, 0.1) is 0 Å². The predicted molar refractivity (Wildman–Crippen MR) is 53.2 cm³/mol.